The quantitative estimate of drug-likeness (QED) is 0.279. The van der Waals surface area contributed by atoms with Gasteiger partial charge in [0.1, 0.15) is 23.8 Å². The average molecular weight is 516 g/mol. The number of fused-ring (bicyclic) bond motifs is 1. The molecule has 0 amide bonds. The molecule has 3 atom stereocenters. The summed E-state index contributed by atoms with van der Waals surface area (Å²) in [5.74, 6) is 6.29. The fraction of sp³-hybridized carbons (Fsp3) is 0.355. The van der Waals surface area contributed by atoms with Gasteiger partial charge in [-0.2, -0.15) is 0 Å². The van der Waals surface area contributed by atoms with E-state index in [4.69, 9.17) is 18.9 Å². The van der Waals surface area contributed by atoms with E-state index in [1.54, 1.807) is 13.1 Å². The summed E-state index contributed by atoms with van der Waals surface area (Å²) in [4.78, 5) is 16.2. The molecule has 1 fully saturated rings. The van der Waals surface area contributed by atoms with E-state index in [1.165, 1.54) is 13.2 Å². The molecule has 1 aliphatic carbocycles. The fourth-order valence-electron chi connectivity index (χ4n) is 5.07. The minimum atomic E-state index is -0.393. The highest BCUT2D eigenvalue weighted by molar-refractivity contribution is 5.71. The Kier molecular flexibility index (Phi) is 7.90. The van der Waals surface area contributed by atoms with Crippen LogP contribution >= 0.6 is 0 Å². The van der Waals surface area contributed by atoms with Crippen molar-refractivity contribution < 1.29 is 28.1 Å². The molecule has 196 valence electrons. The van der Waals surface area contributed by atoms with Crippen LogP contribution in [0.5, 0.6) is 11.6 Å². The highest BCUT2D eigenvalue weighted by atomic mass is 19.1. The van der Waals surface area contributed by atoms with Crippen molar-refractivity contribution in [3.63, 3.8) is 0 Å². The number of hydrogen-bond acceptors (Lipinski definition) is 6. The molecular formula is C31H30FNO5. The van der Waals surface area contributed by atoms with Crippen molar-refractivity contribution in [3.05, 3.63) is 77.2 Å². The van der Waals surface area contributed by atoms with E-state index in [9.17, 15) is 4.79 Å². The Hall–Kier alpha value is -3.89. The molecule has 5 rings (SSSR count). The maximum absolute atomic E-state index is 15.1. The Labute approximate surface area is 222 Å². The summed E-state index contributed by atoms with van der Waals surface area (Å²) in [6, 6.07) is 14.6. The number of nitrogens with zero attached hydrogens (tertiary/aromatic N) is 1. The molecule has 1 unspecified atom stereocenters. The van der Waals surface area contributed by atoms with Gasteiger partial charge in [-0.25, -0.2) is 9.37 Å². The van der Waals surface area contributed by atoms with Crippen LogP contribution in [0.25, 0.3) is 11.1 Å². The van der Waals surface area contributed by atoms with E-state index in [-0.39, 0.29) is 30.2 Å². The number of carbonyl (C=O) groups excluding carboxylic acids is 1. The van der Waals surface area contributed by atoms with E-state index in [1.807, 2.05) is 42.5 Å². The maximum Gasteiger partial charge on any atom is 0.307 e. The van der Waals surface area contributed by atoms with Crippen LogP contribution in [-0.4, -0.2) is 37.4 Å². The van der Waals surface area contributed by atoms with Gasteiger partial charge in [-0.15, -0.1) is 5.92 Å². The van der Waals surface area contributed by atoms with Crippen molar-refractivity contribution in [2.75, 3.05) is 20.3 Å². The van der Waals surface area contributed by atoms with Crippen molar-refractivity contribution in [2.45, 2.75) is 50.7 Å². The first-order valence-electron chi connectivity index (χ1n) is 12.8. The van der Waals surface area contributed by atoms with Crippen molar-refractivity contribution >= 4 is 5.97 Å². The molecule has 0 bridgehead atoms. The van der Waals surface area contributed by atoms with Crippen LogP contribution < -0.4 is 9.47 Å². The number of rotatable bonds is 8. The van der Waals surface area contributed by atoms with Gasteiger partial charge in [-0.05, 0) is 60.7 Å². The van der Waals surface area contributed by atoms with Crippen molar-refractivity contribution in [1.29, 1.82) is 0 Å². The molecule has 2 aromatic carbocycles. The number of methoxy groups -OCH3 is 1. The van der Waals surface area contributed by atoms with Gasteiger partial charge in [0.25, 0.3) is 0 Å². The van der Waals surface area contributed by atoms with Crippen LogP contribution in [0, 0.1) is 17.7 Å². The molecular weight excluding hydrogens is 485 g/mol. The number of carbonyl (C=O) groups is 1. The molecule has 1 aromatic heterocycles. The lowest BCUT2D eigenvalue weighted by Gasteiger charge is -2.18. The lowest BCUT2D eigenvalue weighted by Crippen LogP contribution is -2.16. The minimum Gasteiger partial charge on any atom is -0.486 e. The smallest absolute Gasteiger partial charge is 0.307 e. The summed E-state index contributed by atoms with van der Waals surface area (Å²) in [6.45, 7) is 3.04. The zero-order valence-corrected chi connectivity index (χ0v) is 21.5. The molecule has 3 aromatic rings. The maximum atomic E-state index is 15.1. The third kappa shape index (κ3) is 5.66. The fourth-order valence-corrected chi connectivity index (χ4v) is 5.07. The van der Waals surface area contributed by atoms with Crippen molar-refractivity contribution in [1.82, 2.24) is 4.98 Å². The Morgan fingerprint density at radius 3 is 2.66 bits per heavy atom. The second-order valence-electron chi connectivity index (χ2n) is 9.42. The van der Waals surface area contributed by atoms with Gasteiger partial charge in [0.15, 0.2) is 0 Å². The van der Waals surface area contributed by atoms with Gasteiger partial charge in [0, 0.05) is 29.8 Å². The second-order valence-corrected chi connectivity index (χ2v) is 9.42. The monoisotopic (exact) mass is 515 g/mol. The summed E-state index contributed by atoms with van der Waals surface area (Å²) in [6.07, 6.45) is 3.83. The normalized spacial score (nSPS) is 18.7. The third-order valence-corrected chi connectivity index (χ3v) is 6.98. The Bertz CT molecular complexity index is 1340. The molecule has 0 saturated carbocycles. The van der Waals surface area contributed by atoms with Crippen molar-refractivity contribution in [3.8, 4) is 34.6 Å². The molecule has 2 aliphatic rings. The topological polar surface area (TPSA) is 66.9 Å². The van der Waals surface area contributed by atoms with Crippen LogP contribution in [-0.2, 0) is 20.7 Å². The lowest BCUT2D eigenvalue weighted by atomic mass is 9.96. The Morgan fingerprint density at radius 1 is 1.13 bits per heavy atom. The average Bonchev–Trinajstić information content (AvgIpc) is 3.60. The first-order valence-corrected chi connectivity index (χ1v) is 12.8. The molecule has 0 N–H and O–H groups in total. The van der Waals surface area contributed by atoms with Gasteiger partial charge in [0.05, 0.1) is 32.7 Å². The Balaban J connectivity index is 1.32. The molecule has 38 heavy (non-hydrogen) atoms. The molecule has 7 heteroatoms. The lowest BCUT2D eigenvalue weighted by molar-refractivity contribution is -0.140. The molecule has 0 spiro atoms. The first-order chi connectivity index (χ1) is 18.6. The molecule has 0 radical (unpaired) electrons. The summed E-state index contributed by atoms with van der Waals surface area (Å²) in [5, 5.41) is 0. The summed E-state index contributed by atoms with van der Waals surface area (Å²) >= 11 is 0. The van der Waals surface area contributed by atoms with Crippen LogP contribution in [0.15, 0.2) is 54.7 Å². The molecule has 2 heterocycles. The third-order valence-electron chi connectivity index (χ3n) is 6.98. The van der Waals surface area contributed by atoms with Crippen molar-refractivity contribution in [2.24, 2.45) is 0 Å². The predicted molar refractivity (Wildman–Crippen MR) is 140 cm³/mol. The summed E-state index contributed by atoms with van der Waals surface area (Å²) < 4.78 is 37.3. The number of hydrogen-bond donors (Lipinski definition) is 0. The van der Waals surface area contributed by atoms with Gasteiger partial charge in [-0.3, -0.25) is 4.79 Å². The Morgan fingerprint density at radius 2 is 1.97 bits per heavy atom. The zero-order chi connectivity index (χ0) is 26.5. The first kappa shape index (κ1) is 25.7. The van der Waals surface area contributed by atoms with E-state index < -0.39 is 6.10 Å². The number of halogens is 1. The molecule has 1 aliphatic heterocycles. The van der Waals surface area contributed by atoms with E-state index >= 15 is 4.39 Å². The van der Waals surface area contributed by atoms with Crippen LogP contribution in [0.3, 0.4) is 0 Å². The van der Waals surface area contributed by atoms with Gasteiger partial charge < -0.3 is 18.9 Å². The SMILES string of the molecule is CC#CC(CC(=O)OC)c1ccc(O[C@@H]2CCc3c(-c4ccc(O[C@@H]5CCOC5)nc4)ccc(F)c32)cc1. The standard InChI is InChI=1S/C31H30FNO5/c1-3-4-21(17-30(34)35-2)20-5-8-23(9-6-20)37-28-13-11-26-25(10-12-27(32)31(26)28)22-7-14-29(33-18-22)38-24-15-16-36-19-24/h5-10,12,14,18,21,24,28H,11,13,15-17,19H2,1-2H3/t21?,24-,28-/m1/s1. The van der Waals surface area contributed by atoms with Gasteiger partial charge >= 0.3 is 5.97 Å². The molecule has 1 saturated heterocycles. The highest BCUT2D eigenvalue weighted by Gasteiger charge is 2.30. The number of ether oxygens (including phenoxy) is 4. The predicted octanol–water partition coefficient (Wildman–Crippen LogP) is 5.79. The van der Waals surface area contributed by atoms with Gasteiger partial charge in [-0.1, -0.05) is 24.1 Å². The van der Waals surface area contributed by atoms with Crippen LogP contribution in [0.1, 0.15) is 54.9 Å². The number of benzene rings is 2. The van der Waals surface area contributed by atoms with Gasteiger partial charge in [0.2, 0.25) is 5.88 Å². The number of pyridine rings is 1. The summed E-state index contributed by atoms with van der Waals surface area (Å²) in [7, 11) is 1.37. The van der Waals surface area contributed by atoms with E-state index in [0.717, 1.165) is 28.7 Å². The largest absolute Gasteiger partial charge is 0.486 e. The van der Waals surface area contributed by atoms with Crippen LogP contribution in [0.2, 0.25) is 0 Å². The number of esters is 1. The second kappa shape index (κ2) is 11.7. The minimum absolute atomic E-state index is 0.0358. The highest BCUT2D eigenvalue weighted by Crippen LogP contribution is 2.42. The van der Waals surface area contributed by atoms with E-state index in [0.29, 0.717) is 43.2 Å². The van der Waals surface area contributed by atoms with Crippen LogP contribution in [0.4, 0.5) is 4.39 Å². The summed E-state index contributed by atoms with van der Waals surface area (Å²) in [5.41, 5.74) is 4.31. The number of aromatic nitrogens is 1. The van der Waals surface area contributed by atoms with E-state index in [2.05, 4.69) is 16.8 Å². The zero-order valence-electron chi connectivity index (χ0n) is 21.5. The molecule has 6 nitrogen and oxygen atoms in total.